The molecular formula is C15H27B. The summed E-state index contributed by atoms with van der Waals surface area (Å²) in [5, 5.41) is 0. The molecule has 0 aromatic carbocycles. The van der Waals surface area contributed by atoms with Crippen LogP contribution in [0.15, 0.2) is 0 Å². The minimum atomic E-state index is 0.517. The van der Waals surface area contributed by atoms with Gasteiger partial charge in [0.15, 0.2) is 0 Å². The standard InChI is InChI=1S/C15H27B/c1-11(2)12-3-5-13(6-4-12)14-7-9-15(16)10-8-14/h11-15H,3-10H2,1-2H3. The maximum atomic E-state index is 5.99. The van der Waals surface area contributed by atoms with Gasteiger partial charge in [0.05, 0.1) is 7.85 Å². The summed E-state index contributed by atoms with van der Waals surface area (Å²) in [6, 6.07) is 0. The molecule has 0 N–H and O–H groups in total. The van der Waals surface area contributed by atoms with Gasteiger partial charge < -0.3 is 0 Å². The molecule has 0 amide bonds. The highest BCUT2D eigenvalue weighted by Gasteiger charge is 2.30. The van der Waals surface area contributed by atoms with E-state index >= 15 is 0 Å². The Bertz CT molecular complexity index is 195. The molecule has 0 bridgehead atoms. The van der Waals surface area contributed by atoms with Gasteiger partial charge in [-0.15, -0.1) is 0 Å². The lowest BCUT2D eigenvalue weighted by Crippen LogP contribution is -2.26. The van der Waals surface area contributed by atoms with E-state index in [2.05, 4.69) is 13.8 Å². The van der Waals surface area contributed by atoms with Crippen LogP contribution >= 0.6 is 0 Å². The van der Waals surface area contributed by atoms with Crippen LogP contribution in [0.2, 0.25) is 5.82 Å². The number of rotatable bonds is 2. The monoisotopic (exact) mass is 218 g/mol. The molecule has 0 heterocycles. The Hall–Kier alpha value is 0.0649. The Morgan fingerprint density at radius 2 is 1.19 bits per heavy atom. The lowest BCUT2D eigenvalue weighted by molar-refractivity contribution is 0.148. The third-order valence-electron chi connectivity index (χ3n) is 5.24. The first-order chi connectivity index (χ1) is 7.66. The van der Waals surface area contributed by atoms with E-state index in [0.717, 1.165) is 23.7 Å². The molecule has 0 aromatic heterocycles. The fourth-order valence-electron chi connectivity index (χ4n) is 3.90. The lowest BCUT2D eigenvalue weighted by Gasteiger charge is -2.38. The highest BCUT2D eigenvalue weighted by Crippen LogP contribution is 2.43. The molecule has 0 spiro atoms. The maximum absolute atomic E-state index is 5.99. The predicted octanol–water partition coefficient (Wildman–Crippen LogP) is 4.60. The van der Waals surface area contributed by atoms with Crippen LogP contribution in [0.5, 0.6) is 0 Å². The summed E-state index contributed by atoms with van der Waals surface area (Å²) in [7, 11) is 5.99. The minimum Gasteiger partial charge on any atom is -0.0774 e. The van der Waals surface area contributed by atoms with Crippen LogP contribution < -0.4 is 0 Å². The molecule has 1 heteroatoms. The van der Waals surface area contributed by atoms with E-state index in [4.69, 9.17) is 7.85 Å². The predicted molar refractivity (Wildman–Crippen MR) is 71.7 cm³/mol. The lowest BCUT2D eigenvalue weighted by atomic mass is 9.65. The summed E-state index contributed by atoms with van der Waals surface area (Å²) < 4.78 is 0. The Labute approximate surface area is 103 Å². The minimum absolute atomic E-state index is 0.517. The molecule has 0 saturated heterocycles. The zero-order valence-corrected chi connectivity index (χ0v) is 11.1. The first kappa shape index (κ1) is 12.5. The quantitative estimate of drug-likeness (QED) is 0.594. The molecular weight excluding hydrogens is 191 g/mol. The summed E-state index contributed by atoms with van der Waals surface area (Å²) in [6.45, 7) is 4.79. The summed E-state index contributed by atoms with van der Waals surface area (Å²) >= 11 is 0. The van der Waals surface area contributed by atoms with Crippen LogP contribution in [0.4, 0.5) is 0 Å². The molecule has 2 aliphatic rings. The molecule has 0 atom stereocenters. The molecule has 16 heavy (non-hydrogen) atoms. The van der Waals surface area contributed by atoms with E-state index < -0.39 is 0 Å². The van der Waals surface area contributed by atoms with Crippen LogP contribution in [0.3, 0.4) is 0 Å². The highest BCUT2D eigenvalue weighted by molar-refractivity contribution is 6.11. The van der Waals surface area contributed by atoms with Crippen molar-refractivity contribution in [3.8, 4) is 0 Å². The Morgan fingerprint density at radius 3 is 1.62 bits per heavy atom. The van der Waals surface area contributed by atoms with Crippen molar-refractivity contribution < 1.29 is 0 Å². The molecule has 90 valence electrons. The molecule has 0 aromatic rings. The van der Waals surface area contributed by atoms with Crippen molar-refractivity contribution in [2.45, 2.75) is 71.0 Å². The van der Waals surface area contributed by atoms with Crippen molar-refractivity contribution in [3.05, 3.63) is 0 Å². The summed E-state index contributed by atoms with van der Waals surface area (Å²) in [5.74, 6) is 4.50. The fraction of sp³-hybridized carbons (Fsp3) is 1.00. The third kappa shape index (κ3) is 3.05. The van der Waals surface area contributed by atoms with Gasteiger partial charge in [0.1, 0.15) is 0 Å². The van der Waals surface area contributed by atoms with Gasteiger partial charge in [-0.3, -0.25) is 0 Å². The van der Waals surface area contributed by atoms with Gasteiger partial charge in [-0.2, -0.15) is 0 Å². The molecule has 2 fully saturated rings. The van der Waals surface area contributed by atoms with Crippen molar-refractivity contribution >= 4 is 7.85 Å². The van der Waals surface area contributed by atoms with Crippen LogP contribution in [0.25, 0.3) is 0 Å². The van der Waals surface area contributed by atoms with Crippen LogP contribution in [0.1, 0.15) is 65.2 Å². The highest BCUT2D eigenvalue weighted by atomic mass is 14.4. The van der Waals surface area contributed by atoms with E-state index in [0.29, 0.717) is 5.82 Å². The zero-order chi connectivity index (χ0) is 11.5. The zero-order valence-electron chi connectivity index (χ0n) is 11.1. The second-order valence-corrected chi connectivity index (χ2v) is 6.59. The van der Waals surface area contributed by atoms with E-state index in [1.54, 1.807) is 0 Å². The largest absolute Gasteiger partial charge is 0.0774 e. The first-order valence-corrected chi connectivity index (χ1v) is 7.42. The van der Waals surface area contributed by atoms with Crippen molar-refractivity contribution in [2.75, 3.05) is 0 Å². The molecule has 2 saturated carbocycles. The van der Waals surface area contributed by atoms with Crippen LogP contribution in [-0.4, -0.2) is 7.85 Å². The smallest absolute Gasteiger partial charge is 0.0699 e. The number of hydrogen-bond donors (Lipinski definition) is 0. The molecule has 0 nitrogen and oxygen atoms in total. The molecule has 2 radical (unpaired) electrons. The Balaban J connectivity index is 1.76. The van der Waals surface area contributed by atoms with Gasteiger partial charge in [0.2, 0.25) is 0 Å². The maximum Gasteiger partial charge on any atom is 0.0699 e. The summed E-state index contributed by atoms with van der Waals surface area (Å²) in [4.78, 5) is 0. The Kier molecular flexibility index (Phi) is 4.38. The summed E-state index contributed by atoms with van der Waals surface area (Å²) in [5.41, 5.74) is 0. The normalized spacial score (nSPS) is 41.2. The van der Waals surface area contributed by atoms with E-state index in [9.17, 15) is 0 Å². The van der Waals surface area contributed by atoms with Gasteiger partial charge in [-0.1, -0.05) is 45.3 Å². The van der Waals surface area contributed by atoms with E-state index in [-0.39, 0.29) is 0 Å². The van der Waals surface area contributed by atoms with Crippen molar-refractivity contribution in [3.63, 3.8) is 0 Å². The van der Waals surface area contributed by atoms with Gasteiger partial charge in [0.25, 0.3) is 0 Å². The average Bonchev–Trinajstić information content (AvgIpc) is 2.30. The number of hydrogen-bond acceptors (Lipinski definition) is 0. The SMILES string of the molecule is [B]C1CCC(C2CCC(C(C)C)CC2)CC1. The molecule has 2 rings (SSSR count). The van der Waals surface area contributed by atoms with E-state index in [1.807, 2.05) is 0 Å². The topological polar surface area (TPSA) is 0 Å². The molecule has 0 aliphatic heterocycles. The van der Waals surface area contributed by atoms with Crippen LogP contribution in [0, 0.1) is 23.7 Å². The fourth-order valence-corrected chi connectivity index (χ4v) is 3.90. The second-order valence-electron chi connectivity index (χ2n) is 6.59. The average molecular weight is 218 g/mol. The van der Waals surface area contributed by atoms with Crippen LogP contribution in [-0.2, 0) is 0 Å². The van der Waals surface area contributed by atoms with Gasteiger partial charge in [-0.05, 0) is 49.4 Å². The second kappa shape index (κ2) is 5.60. The Morgan fingerprint density at radius 1 is 0.750 bits per heavy atom. The summed E-state index contributed by atoms with van der Waals surface area (Å²) in [6.07, 6.45) is 11.4. The van der Waals surface area contributed by atoms with E-state index in [1.165, 1.54) is 51.4 Å². The van der Waals surface area contributed by atoms with Gasteiger partial charge >= 0.3 is 0 Å². The van der Waals surface area contributed by atoms with Crippen molar-refractivity contribution in [1.82, 2.24) is 0 Å². The van der Waals surface area contributed by atoms with Crippen molar-refractivity contribution in [2.24, 2.45) is 23.7 Å². The molecule has 2 aliphatic carbocycles. The third-order valence-corrected chi connectivity index (χ3v) is 5.24. The van der Waals surface area contributed by atoms with Gasteiger partial charge in [0, 0.05) is 0 Å². The van der Waals surface area contributed by atoms with Crippen molar-refractivity contribution in [1.29, 1.82) is 0 Å². The molecule has 0 unspecified atom stereocenters. The van der Waals surface area contributed by atoms with Gasteiger partial charge in [-0.25, -0.2) is 0 Å². The first-order valence-electron chi connectivity index (χ1n) is 7.42.